The fourth-order valence-electron chi connectivity index (χ4n) is 2.05. The van der Waals surface area contributed by atoms with Crippen LogP contribution in [0.3, 0.4) is 0 Å². The van der Waals surface area contributed by atoms with Crippen LogP contribution < -0.4 is 4.73 Å². The first-order valence-corrected chi connectivity index (χ1v) is 8.36. The van der Waals surface area contributed by atoms with Crippen molar-refractivity contribution in [1.82, 2.24) is 0 Å². The Bertz CT molecular complexity index is 788. The highest BCUT2D eigenvalue weighted by atomic mass is 35.5. The number of aromatic nitrogens is 1. The largest absolute Gasteiger partial charge is 0.618 e. The Morgan fingerprint density at radius 1 is 1.10 bits per heavy atom. The van der Waals surface area contributed by atoms with Crippen molar-refractivity contribution in [3.05, 3.63) is 64.0 Å². The maximum atomic E-state index is 12.6. The molecule has 0 amide bonds. The second-order valence-corrected chi connectivity index (χ2v) is 7.76. The summed E-state index contributed by atoms with van der Waals surface area (Å²) in [4.78, 5) is 0. The van der Waals surface area contributed by atoms with Crippen LogP contribution in [0.15, 0.2) is 41.6 Å². The van der Waals surface area contributed by atoms with Crippen molar-refractivity contribution in [2.45, 2.75) is 30.5 Å². The summed E-state index contributed by atoms with van der Waals surface area (Å²) in [6.07, 6.45) is 1.18. The van der Waals surface area contributed by atoms with Gasteiger partial charge in [0.05, 0.1) is 0 Å². The van der Waals surface area contributed by atoms with E-state index in [1.807, 2.05) is 19.1 Å². The zero-order valence-corrected chi connectivity index (χ0v) is 13.6. The molecule has 0 spiro atoms. The van der Waals surface area contributed by atoms with Gasteiger partial charge < -0.3 is 5.21 Å². The number of pyridine rings is 1. The predicted molar refractivity (Wildman–Crippen MR) is 81.8 cm³/mol. The lowest BCUT2D eigenvalue weighted by atomic mass is 10.1. The second-order valence-electron chi connectivity index (χ2n) is 5.09. The van der Waals surface area contributed by atoms with E-state index in [4.69, 9.17) is 11.6 Å². The van der Waals surface area contributed by atoms with Crippen LogP contribution in [-0.4, -0.2) is 8.42 Å². The third-order valence-corrected chi connectivity index (χ3v) is 5.90. The van der Waals surface area contributed by atoms with E-state index in [-0.39, 0.29) is 5.03 Å². The van der Waals surface area contributed by atoms with E-state index in [1.54, 1.807) is 26.0 Å². The van der Waals surface area contributed by atoms with Crippen LogP contribution in [-0.2, 0) is 9.84 Å². The topological polar surface area (TPSA) is 61.1 Å². The summed E-state index contributed by atoms with van der Waals surface area (Å²) < 4.78 is 24.3. The Morgan fingerprint density at radius 3 is 2.38 bits per heavy atom. The monoisotopic (exact) mass is 325 g/mol. The standard InChI is InChI=1S/C15H16ClNO3S/c1-10-4-5-12(3)13(8-10)15(16)21(19,20)14-9-11(2)6-7-17(14)18/h4-9,15H,1-3H3. The van der Waals surface area contributed by atoms with Gasteiger partial charge >= 0.3 is 5.03 Å². The fraction of sp³-hybridized carbons (Fsp3) is 0.267. The highest BCUT2D eigenvalue weighted by molar-refractivity contribution is 7.92. The van der Waals surface area contributed by atoms with Gasteiger partial charge in [0.15, 0.2) is 10.9 Å². The first kappa shape index (κ1) is 15.8. The van der Waals surface area contributed by atoms with Crippen LogP contribution >= 0.6 is 11.6 Å². The molecule has 1 aromatic heterocycles. The van der Waals surface area contributed by atoms with E-state index < -0.39 is 14.5 Å². The lowest BCUT2D eigenvalue weighted by Crippen LogP contribution is -2.34. The Balaban J connectivity index is 2.58. The van der Waals surface area contributed by atoms with Gasteiger partial charge in [-0.15, -0.1) is 0 Å². The van der Waals surface area contributed by atoms with Gasteiger partial charge in [-0.2, -0.15) is 4.73 Å². The summed E-state index contributed by atoms with van der Waals surface area (Å²) in [6, 6.07) is 8.32. The molecule has 0 aliphatic rings. The first-order chi connectivity index (χ1) is 9.73. The SMILES string of the molecule is Cc1ccc(C)c(C(Cl)S(=O)(=O)c2cc(C)cc[n+]2[O-])c1. The number of sulfone groups is 1. The Morgan fingerprint density at radius 2 is 1.71 bits per heavy atom. The van der Waals surface area contributed by atoms with Gasteiger partial charge in [-0.05, 0) is 37.5 Å². The molecule has 4 nitrogen and oxygen atoms in total. The number of alkyl halides is 1. The van der Waals surface area contributed by atoms with Crippen molar-refractivity contribution in [3.63, 3.8) is 0 Å². The Hall–Kier alpha value is -1.59. The molecule has 0 radical (unpaired) electrons. The van der Waals surface area contributed by atoms with Gasteiger partial charge in [0.25, 0.3) is 9.84 Å². The smallest absolute Gasteiger partial charge is 0.310 e. The number of hydrogen-bond donors (Lipinski definition) is 0. The quantitative estimate of drug-likeness (QED) is 0.495. The lowest BCUT2D eigenvalue weighted by Gasteiger charge is -2.14. The average Bonchev–Trinajstić information content (AvgIpc) is 2.43. The van der Waals surface area contributed by atoms with Gasteiger partial charge in [0, 0.05) is 12.1 Å². The average molecular weight is 326 g/mol. The number of hydrogen-bond acceptors (Lipinski definition) is 3. The molecule has 21 heavy (non-hydrogen) atoms. The van der Waals surface area contributed by atoms with E-state index in [9.17, 15) is 13.6 Å². The predicted octanol–water partition coefficient (Wildman–Crippen LogP) is 2.96. The molecule has 1 unspecified atom stereocenters. The van der Waals surface area contributed by atoms with Crippen molar-refractivity contribution in [2.75, 3.05) is 0 Å². The molecule has 0 bridgehead atoms. The molecule has 1 atom stereocenters. The first-order valence-electron chi connectivity index (χ1n) is 6.38. The van der Waals surface area contributed by atoms with E-state index >= 15 is 0 Å². The number of halogens is 1. The maximum absolute atomic E-state index is 12.6. The van der Waals surface area contributed by atoms with Crippen molar-refractivity contribution in [3.8, 4) is 0 Å². The zero-order valence-electron chi connectivity index (χ0n) is 12.0. The fourth-order valence-corrected chi connectivity index (χ4v) is 4.02. The summed E-state index contributed by atoms with van der Waals surface area (Å²) >= 11 is 6.19. The normalized spacial score (nSPS) is 13.1. The van der Waals surface area contributed by atoms with Gasteiger partial charge in [0.1, 0.15) is 0 Å². The lowest BCUT2D eigenvalue weighted by molar-refractivity contribution is -0.646. The van der Waals surface area contributed by atoms with Crippen molar-refractivity contribution in [1.29, 1.82) is 0 Å². The number of nitrogens with zero attached hydrogens (tertiary/aromatic N) is 1. The molecule has 0 saturated carbocycles. The minimum atomic E-state index is -3.97. The Labute approximate surface area is 129 Å². The van der Waals surface area contributed by atoms with Crippen LogP contribution in [0.1, 0.15) is 27.0 Å². The molecule has 6 heteroatoms. The number of rotatable bonds is 3. The summed E-state index contributed by atoms with van der Waals surface area (Å²) in [5.41, 5.74) is 2.87. The molecular weight excluding hydrogens is 310 g/mol. The minimum Gasteiger partial charge on any atom is -0.618 e. The molecule has 0 aliphatic heterocycles. The van der Waals surface area contributed by atoms with Crippen LogP contribution in [0, 0.1) is 26.0 Å². The second kappa shape index (κ2) is 5.66. The third kappa shape index (κ3) is 3.04. The molecular formula is C15H16ClNO3S. The highest BCUT2D eigenvalue weighted by Gasteiger charge is 2.34. The van der Waals surface area contributed by atoms with Gasteiger partial charge in [0.2, 0.25) is 0 Å². The minimum absolute atomic E-state index is 0.330. The van der Waals surface area contributed by atoms with Crippen molar-refractivity contribution in [2.24, 2.45) is 0 Å². The van der Waals surface area contributed by atoms with Crippen molar-refractivity contribution < 1.29 is 13.1 Å². The number of benzene rings is 1. The molecule has 0 fully saturated rings. The number of aryl methyl sites for hydroxylation is 3. The summed E-state index contributed by atoms with van der Waals surface area (Å²) in [5.74, 6) is 0. The molecule has 0 N–H and O–H groups in total. The molecule has 2 aromatic rings. The van der Waals surface area contributed by atoms with Gasteiger partial charge in [-0.1, -0.05) is 35.4 Å². The molecule has 1 heterocycles. The van der Waals surface area contributed by atoms with E-state index in [0.717, 1.165) is 11.1 Å². The third-order valence-electron chi connectivity index (χ3n) is 3.28. The van der Waals surface area contributed by atoms with E-state index in [1.165, 1.54) is 12.3 Å². The molecule has 0 aliphatic carbocycles. The molecule has 112 valence electrons. The summed E-state index contributed by atoms with van der Waals surface area (Å²) in [6.45, 7) is 5.38. The molecule has 2 rings (SSSR count). The summed E-state index contributed by atoms with van der Waals surface area (Å²) in [5, 5.41) is 11.5. The maximum Gasteiger partial charge on any atom is 0.310 e. The van der Waals surface area contributed by atoms with Crippen LogP contribution in [0.5, 0.6) is 0 Å². The van der Waals surface area contributed by atoms with E-state index in [2.05, 4.69) is 0 Å². The van der Waals surface area contributed by atoms with Crippen molar-refractivity contribution >= 4 is 21.4 Å². The zero-order chi connectivity index (χ0) is 15.8. The van der Waals surface area contributed by atoms with Crippen LogP contribution in [0.2, 0.25) is 0 Å². The highest BCUT2D eigenvalue weighted by Crippen LogP contribution is 2.33. The van der Waals surface area contributed by atoms with Gasteiger partial charge in [-0.25, -0.2) is 8.42 Å². The molecule has 0 saturated heterocycles. The van der Waals surface area contributed by atoms with Crippen LogP contribution in [0.25, 0.3) is 0 Å². The van der Waals surface area contributed by atoms with Crippen LogP contribution in [0.4, 0.5) is 0 Å². The van der Waals surface area contributed by atoms with Gasteiger partial charge in [-0.3, -0.25) is 0 Å². The molecule has 1 aromatic carbocycles. The Kier molecular flexibility index (Phi) is 4.25. The summed E-state index contributed by atoms with van der Waals surface area (Å²) in [7, 11) is -3.97. The van der Waals surface area contributed by atoms with E-state index in [0.29, 0.717) is 15.9 Å².